The van der Waals surface area contributed by atoms with Crippen LogP contribution in [0.1, 0.15) is 49.4 Å². The SMILES string of the molecule is CCNC(=NCc1cc(CC)no1)NC(C)c1ccc(C)c(F)c1.I. The van der Waals surface area contributed by atoms with E-state index in [2.05, 4.69) is 20.8 Å². The summed E-state index contributed by atoms with van der Waals surface area (Å²) in [6.07, 6.45) is 0.835. The van der Waals surface area contributed by atoms with Crippen LogP contribution in [-0.2, 0) is 13.0 Å². The molecule has 1 aromatic heterocycles. The highest BCUT2D eigenvalue weighted by atomic mass is 127. The van der Waals surface area contributed by atoms with Crippen molar-refractivity contribution in [2.75, 3.05) is 6.54 Å². The number of aryl methyl sites for hydroxylation is 2. The van der Waals surface area contributed by atoms with Crippen LogP contribution >= 0.6 is 24.0 Å². The van der Waals surface area contributed by atoms with Crippen molar-refractivity contribution in [1.29, 1.82) is 0 Å². The molecule has 0 aliphatic rings. The largest absolute Gasteiger partial charge is 0.359 e. The van der Waals surface area contributed by atoms with Crippen LogP contribution in [0.25, 0.3) is 0 Å². The van der Waals surface area contributed by atoms with Gasteiger partial charge in [-0.3, -0.25) is 0 Å². The molecule has 0 saturated heterocycles. The van der Waals surface area contributed by atoms with Gasteiger partial charge in [-0.25, -0.2) is 9.38 Å². The Kier molecular flexibility index (Phi) is 8.88. The van der Waals surface area contributed by atoms with Gasteiger partial charge in [0, 0.05) is 12.6 Å². The summed E-state index contributed by atoms with van der Waals surface area (Å²) in [5.74, 6) is 1.18. The molecule has 0 amide bonds. The second-order valence-electron chi connectivity index (χ2n) is 5.71. The zero-order valence-electron chi connectivity index (χ0n) is 15.1. The molecule has 1 aromatic carbocycles. The summed E-state index contributed by atoms with van der Waals surface area (Å²) in [6.45, 7) is 8.88. The zero-order chi connectivity index (χ0) is 17.5. The summed E-state index contributed by atoms with van der Waals surface area (Å²) < 4.78 is 19.0. The predicted octanol–water partition coefficient (Wildman–Crippen LogP) is 4.12. The summed E-state index contributed by atoms with van der Waals surface area (Å²) in [4.78, 5) is 4.50. The van der Waals surface area contributed by atoms with Crippen molar-refractivity contribution >= 4 is 29.9 Å². The maximum Gasteiger partial charge on any atom is 0.192 e. The Bertz CT molecular complexity index is 702. The summed E-state index contributed by atoms with van der Waals surface area (Å²) in [5, 5.41) is 10.4. The molecular weight excluding hydrogens is 434 g/mol. The van der Waals surface area contributed by atoms with E-state index in [4.69, 9.17) is 4.52 Å². The first-order chi connectivity index (χ1) is 11.5. The number of nitrogens with one attached hydrogen (secondary N) is 2. The lowest BCUT2D eigenvalue weighted by atomic mass is 10.1. The molecule has 7 heteroatoms. The van der Waals surface area contributed by atoms with Crippen LogP contribution in [0.5, 0.6) is 0 Å². The molecule has 2 N–H and O–H groups in total. The van der Waals surface area contributed by atoms with Crippen molar-refractivity contribution in [2.45, 2.75) is 46.7 Å². The lowest BCUT2D eigenvalue weighted by Crippen LogP contribution is -2.38. The van der Waals surface area contributed by atoms with Gasteiger partial charge in [-0.15, -0.1) is 24.0 Å². The van der Waals surface area contributed by atoms with Crippen molar-refractivity contribution in [1.82, 2.24) is 15.8 Å². The molecule has 1 heterocycles. The minimum Gasteiger partial charge on any atom is -0.359 e. The van der Waals surface area contributed by atoms with Crippen LogP contribution in [0.15, 0.2) is 33.8 Å². The maximum absolute atomic E-state index is 13.7. The van der Waals surface area contributed by atoms with Crippen molar-refractivity contribution in [2.24, 2.45) is 4.99 Å². The fourth-order valence-corrected chi connectivity index (χ4v) is 2.24. The highest BCUT2D eigenvalue weighted by molar-refractivity contribution is 14.0. The van der Waals surface area contributed by atoms with E-state index < -0.39 is 0 Å². The number of hydrogen-bond donors (Lipinski definition) is 2. The third kappa shape index (κ3) is 6.30. The van der Waals surface area contributed by atoms with E-state index in [1.165, 1.54) is 0 Å². The number of rotatable bonds is 6. The first kappa shape index (κ1) is 21.4. The molecule has 0 spiro atoms. The van der Waals surface area contributed by atoms with Crippen molar-refractivity contribution < 1.29 is 8.91 Å². The molecule has 0 aliphatic carbocycles. The zero-order valence-corrected chi connectivity index (χ0v) is 17.4. The number of benzene rings is 1. The third-order valence-electron chi connectivity index (χ3n) is 3.76. The van der Waals surface area contributed by atoms with Crippen molar-refractivity contribution in [3.8, 4) is 0 Å². The second-order valence-corrected chi connectivity index (χ2v) is 5.71. The molecule has 0 bridgehead atoms. The predicted molar refractivity (Wildman–Crippen MR) is 109 cm³/mol. The standard InChI is InChI=1S/C18H25FN4O.HI/c1-5-15-10-16(24-23-15)11-21-18(20-6-2)22-13(4)14-8-7-12(3)17(19)9-14;/h7-10,13H,5-6,11H2,1-4H3,(H2,20,21,22);1H. The van der Waals surface area contributed by atoms with Gasteiger partial charge in [-0.05, 0) is 44.4 Å². The number of hydrogen-bond acceptors (Lipinski definition) is 3. The summed E-state index contributed by atoms with van der Waals surface area (Å²) in [5.41, 5.74) is 2.43. The average Bonchev–Trinajstić information content (AvgIpc) is 3.03. The molecule has 1 unspecified atom stereocenters. The fraction of sp³-hybridized carbons (Fsp3) is 0.444. The summed E-state index contributed by atoms with van der Waals surface area (Å²) in [6, 6.07) is 7.10. The van der Waals surface area contributed by atoms with Crippen molar-refractivity contribution in [3.05, 3.63) is 52.7 Å². The van der Waals surface area contributed by atoms with Gasteiger partial charge in [0.05, 0.1) is 11.7 Å². The monoisotopic (exact) mass is 460 g/mol. The van der Waals surface area contributed by atoms with E-state index in [-0.39, 0.29) is 35.8 Å². The molecule has 0 fully saturated rings. The van der Waals surface area contributed by atoms with Gasteiger partial charge in [-0.2, -0.15) is 0 Å². The highest BCUT2D eigenvalue weighted by Crippen LogP contribution is 2.16. The highest BCUT2D eigenvalue weighted by Gasteiger charge is 2.10. The first-order valence-electron chi connectivity index (χ1n) is 8.28. The Hall–Kier alpha value is -1.64. The maximum atomic E-state index is 13.7. The van der Waals surface area contributed by atoms with Gasteiger partial charge >= 0.3 is 0 Å². The lowest BCUT2D eigenvalue weighted by Gasteiger charge is -2.18. The lowest BCUT2D eigenvalue weighted by molar-refractivity contribution is 0.379. The normalized spacial score (nSPS) is 12.4. The number of nitrogens with zero attached hydrogens (tertiary/aromatic N) is 2. The number of guanidine groups is 1. The molecule has 2 aromatic rings. The smallest absolute Gasteiger partial charge is 0.192 e. The number of halogens is 2. The quantitative estimate of drug-likeness (QED) is 0.387. The van der Waals surface area contributed by atoms with Gasteiger partial charge in [0.25, 0.3) is 0 Å². The summed E-state index contributed by atoms with van der Waals surface area (Å²) >= 11 is 0. The Labute approximate surface area is 165 Å². The minimum absolute atomic E-state index is 0. The fourth-order valence-electron chi connectivity index (χ4n) is 2.24. The van der Waals surface area contributed by atoms with Crippen molar-refractivity contribution in [3.63, 3.8) is 0 Å². The molecule has 0 saturated carbocycles. The van der Waals surface area contributed by atoms with Crippen LogP contribution in [0.4, 0.5) is 4.39 Å². The van der Waals surface area contributed by atoms with E-state index in [1.807, 2.05) is 32.9 Å². The summed E-state index contributed by atoms with van der Waals surface area (Å²) in [7, 11) is 0. The topological polar surface area (TPSA) is 62.5 Å². The molecule has 25 heavy (non-hydrogen) atoms. The molecule has 5 nitrogen and oxygen atoms in total. The van der Waals surface area contributed by atoms with Crippen LogP contribution in [0.2, 0.25) is 0 Å². The van der Waals surface area contributed by atoms with E-state index >= 15 is 0 Å². The second kappa shape index (κ2) is 10.4. The number of aliphatic imine (C=N–C) groups is 1. The number of aromatic nitrogens is 1. The van der Waals surface area contributed by atoms with E-state index in [9.17, 15) is 4.39 Å². The van der Waals surface area contributed by atoms with E-state index in [0.29, 0.717) is 18.1 Å². The molecular formula is C18H26FIN4O. The van der Waals surface area contributed by atoms with E-state index in [0.717, 1.165) is 30.0 Å². The average molecular weight is 460 g/mol. The van der Waals surface area contributed by atoms with Gasteiger partial charge < -0.3 is 15.2 Å². The molecule has 1 atom stereocenters. The molecule has 0 radical (unpaired) electrons. The third-order valence-corrected chi connectivity index (χ3v) is 3.76. The van der Waals surface area contributed by atoms with Gasteiger partial charge in [0.2, 0.25) is 0 Å². The van der Waals surface area contributed by atoms with Gasteiger partial charge in [0.1, 0.15) is 12.4 Å². The van der Waals surface area contributed by atoms with E-state index in [1.54, 1.807) is 19.1 Å². The molecule has 0 aliphatic heterocycles. The molecule has 2 rings (SSSR count). The minimum atomic E-state index is -0.197. The van der Waals surface area contributed by atoms with Gasteiger partial charge in [-0.1, -0.05) is 24.2 Å². The Morgan fingerprint density at radius 2 is 2.08 bits per heavy atom. The van der Waals surface area contributed by atoms with Gasteiger partial charge in [0.15, 0.2) is 11.7 Å². The first-order valence-corrected chi connectivity index (χ1v) is 8.28. The van der Waals surface area contributed by atoms with Crippen LogP contribution < -0.4 is 10.6 Å². The Morgan fingerprint density at radius 1 is 1.32 bits per heavy atom. The Balaban J connectivity index is 0.00000312. The van der Waals surface area contributed by atoms with Crippen LogP contribution in [0.3, 0.4) is 0 Å². The molecule has 138 valence electrons. The Morgan fingerprint density at radius 3 is 2.68 bits per heavy atom. The van der Waals surface area contributed by atoms with Crippen LogP contribution in [0, 0.1) is 12.7 Å². The van der Waals surface area contributed by atoms with Crippen LogP contribution in [-0.4, -0.2) is 17.7 Å².